The molecule has 1 heterocycles. The van der Waals surface area contributed by atoms with Crippen LogP contribution in [0, 0.1) is 0 Å². The van der Waals surface area contributed by atoms with Gasteiger partial charge < -0.3 is 15.8 Å². The summed E-state index contributed by atoms with van der Waals surface area (Å²) in [6, 6.07) is 13.1. The van der Waals surface area contributed by atoms with Gasteiger partial charge in [0, 0.05) is 35.9 Å². The number of ether oxygens (including phenoxy) is 1. The smallest absolute Gasteiger partial charge is 0.250 e. The summed E-state index contributed by atoms with van der Waals surface area (Å²) in [7, 11) is 0. The molecule has 0 amide bonds. The molecule has 3 N–H and O–H groups in total. The highest BCUT2D eigenvalue weighted by Crippen LogP contribution is 2.60. The fourth-order valence-corrected chi connectivity index (χ4v) is 4.64. The normalized spacial score (nSPS) is 22.6. The van der Waals surface area contributed by atoms with Crippen molar-refractivity contribution in [3.63, 3.8) is 0 Å². The highest BCUT2D eigenvalue weighted by atomic mass is 35.5. The van der Waals surface area contributed by atoms with Gasteiger partial charge in [-0.25, -0.2) is 8.78 Å². The Bertz CT molecular complexity index is 817. The third-order valence-electron chi connectivity index (χ3n) is 5.68. The zero-order valence-corrected chi connectivity index (χ0v) is 15.7. The monoisotopic (exact) mass is 392 g/mol. The van der Waals surface area contributed by atoms with Gasteiger partial charge in [-0.2, -0.15) is 0 Å². The molecular formula is C21H23ClF2N2O. The Morgan fingerprint density at radius 3 is 2.56 bits per heavy atom. The molecule has 2 aromatic carbocycles. The van der Waals surface area contributed by atoms with E-state index in [2.05, 4.69) is 5.32 Å². The van der Waals surface area contributed by atoms with Gasteiger partial charge in [-0.3, -0.25) is 0 Å². The molecule has 0 aromatic heterocycles. The second-order valence-electron chi connectivity index (χ2n) is 7.51. The molecule has 1 unspecified atom stereocenters. The molecule has 2 aromatic rings. The fraction of sp³-hybridized carbons (Fsp3) is 0.429. The molecule has 0 radical (unpaired) electrons. The van der Waals surface area contributed by atoms with Crippen molar-refractivity contribution in [2.75, 3.05) is 19.7 Å². The van der Waals surface area contributed by atoms with Crippen LogP contribution in [0.5, 0.6) is 5.75 Å². The van der Waals surface area contributed by atoms with Crippen molar-refractivity contribution in [3.8, 4) is 5.75 Å². The summed E-state index contributed by atoms with van der Waals surface area (Å²) < 4.78 is 33.8. The van der Waals surface area contributed by atoms with Gasteiger partial charge in [0.25, 0.3) is 0 Å². The zero-order valence-electron chi connectivity index (χ0n) is 15.0. The minimum absolute atomic E-state index is 0.174. The summed E-state index contributed by atoms with van der Waals surface area (Å²) in [5.74, 6) is -1.92. The van der Waals surface area contributed by atoms with E-state index < -0.39 is 11.3 Å². The van der Waals surface area contributed by atoms with Crippen molar-refractivity contribution < 1.29 is 13.5 Å². The minimum Gasteiger partial charge on any atom is -0.492 e. The molecule has 1 fully saturated rings. The van der Waals surface area contributed by atoms with Gasteiger partial charge in [0.15, 0.2) is 0 Å². The highest BCUT2D eigenvalue weighted by molar-refractivity contribution is 6.30. The lowest BCUT2D eigenvalue weighted by Gasteiger charge is -2.54. The lowest BCUT2D eigenvalue weighted by Crippen LogP contribution is -2.57. The number of rotatable bonds is 5. The molecule has 144 valence electrons. The summed E-state index contributed by atoms with van der Waals surface area (Å²) in [4.78, 5) is 0. The Balaban J connectivity index is 1.75. The first-order valence-electron chi connectivity index (χ1n) is 9.26. The van der Waals surface area contributed by atoms with Gasteiger partial charge in [0.05, 0.1) is 0 Å². The number of nitrogens with two attached hydrogens (primary N) is 1. The summed E-state index contributed by atoms with van der Waals surface area (Å²) >= 11 is 6.02. The number of benzene rings is 2. The summed E-state index contributed by atoms with van der Waals surface area (Å²) in [6.07, 6.45) is 0.523. The zero-order chi connectivity index (χ0) is 19.1. The predicted octanol–water partition coefficient (Wildman–Crippen LogP) is 4.23. The lowest BCUT2D eigenvalue weighted by atomic mass is 9.56. The molecule has 4 rings (SSSR count). The van der Waals surface area contributed by atoms with Gasteiger partial charge in [-0.15, -0.1) is 0 Å². The van der Waals surface area contributed by atoms with Crippen LogP contribution in [0.25, 0.3) is 0 Å². The largest absolute Gasteiger partial charge is 0.492 e. The van der Waals surface area contributed by atoms with Crippen LogP contribution in [-0.4, -0.2) is 25.6 Å². The molecule has 0 bridgehead atoms. The first-order valence-corrected chi connectivity index (χ1v) is 9.64. The van der Waals surface area contributed by atoms with Gasteiger partial charge in [0.2, 0.25) is 5.92 Å². The molecular weight excluding hydrogens is 370 g/mol. The SMILES string of the molecule is NCCOc1ccc2c(c1)C(C1(c3ccc(Cl)cc3)CC(F)(F)C1)NCC2. The third-order valence-corrected chi connectivity index (χ3v) is 5.93. The Morgan fingerprint density at radius 1 is 1.15 bits per heavy atom. The number of hydrogen-bond donors (Lipinski definition) is 2. The molecule has 1 aliphatic carbocycles. The quantitative estimate of drug-likeness (QED) is 0.800. The van der Waals surface area contributed by atoms with Crippen molar-refractivity contribution in [1.29, 1.82) is 0 Å². The maximum absolute atomic E-state index is 14.1. The topological polar surface area (TPSA) is 47.3 Å². The van der Waals surface area contributed by atoms with Gasteiger partial charge >= 0.3 is 0 Å². The molecule has 0 saturated heterocycles. The number of hydrogen-bond acceptors (Lipinski definition) is 3. The average molecular weight is 393 g/mol. The van der Waals surface area contributed by atoms with Gasteiger partial charge in [-0.05, 0) is 53.9 Å². The van der Waals surface area contributed by atoms with E-state index in [4.69, 9.17) is 22.1 Å². The fourth-order valence-electron chi connectivity index (χ4n) is 4.52. The van der Waals surface area contributed by atoms with Crippen molar-refractivity contribution in [2.24, 2.45) is 5.73 Å². The maximum atomic E-state index is 14.1. The van der Waals surface area contributed by atoms with E-state index in [0.717, 1.165) is 29.8 Å². The van der Waals surface area contributed by atoms with E-state index in [-0.39, 0.29) is 18.9 Å². The number of nitrogens with one attached hydrogen (secondary N) is 1. The van der Waals surface area contributed by atoms with Crippen LogP contribution in [0.3, 0.4) is 0 Å². The molecule has 27 heavy (non-hydrogen) atoms. The van der Waals surface area contributed by atoms with Crippen LogP contribution in [0.4, 0.5) is 8.78 Å². The first-order chi connectivity index (χ1) is 12.9. The Morgan fingerprint density at radius 2 is 1.89 bits per heavy atom. The van der Waals surface area contributed by atoms with E-state index in [1.165, 1.54) is 5.56 Å². The van der Waals surface area contributed by atoms with Crippen LogP contribution < -0.4 is 15.8 Å². The van der Waals surface area contributed by atoms with E-state index in [9.17, 15) is 8.78 Å². The minimum atomic E-state index is -2.65. The van der Waals surface area contributed by atoms with Crippen molar-refractivity contribution >= 4 is 11.6 Å². The van der Waals surface area contributed by atoms with Crippen LogP contribution in [0.1, 0.15) is 35.6 Å². The van der Waals surface area contributed by atoms with E-state index in [0.29, 0.717) is 18.2 Å². The molecule has 1 aliphatic heterocycles. The number of fused-ring (bicyclic) bond motifs is 1. The second kappa shape index (κ2) is 7.04. The van der Waals surface area contributed by atoms with Crippen LogP contribution >= 0.6 is 11.6 Å². The molecule has 3 nitrogen and oxygen atoms in total. The molecule has 1 saturated carbocycles. The second-order valence-corrected chi connectivity index (χ2v) is 7.94. The van der Waals surface area contributed by atoms with Crippen LogP contribution in [0.15, 0.2) is 42.5 Å². The lowest BCUT2D eigenvalue weighted by molar-refractivity contribution is -0.138. The van der Waals surface area contributed by atoms with Gasteiger partial charge in [0.1, 0.15) is 12.4 Å². The molecule has 0 spiro atoms. The standard InChI is InChI=1S/C21H23ClF2N2O/c22-16-4-2-15(3-5-16)20(12-21(23,24)13-20)19-18-11-17(27-10-8-25)6-1-14(18)7-9-26-19/h1-6,11,19,26H,7-10,12-13,25H2. The average Bonchev–Trinajstić information content (AvgIpc) is 2.64. The number of alkyl halides is 2. The Hall–Kier alpha value is -1.69. The summed E-state index contributed by atoms with van der Waals surface area (Å²) in [5, 5.41) is 4.11. The third kappa shape index (κ3) is 3.44. The van der Waals surface area contributed by atoms with Crippen molar-refractivity contribution in [3.05, 3.63) is 64.2 Å². The highest BCUT2D eigenvalue weighted by Gasteiger charge is 2.61. The predicted molar refractivity (Wildman–Crippen MR) is 103 cm³/mol. The van der Waals surface area contributed by atoms with Crippen LogP contribution in [0.2, 0.25) is 5.02 Å². The van der Waals surface area contributed by atoms with Crippen LogP contribution in [-0.2, 0) is 11.8 Å². The Kier molecular flexibility index (Phi) is 4.87. The Labute approximate surface area is 162 Å². The molecule has 1 atom stereocenters. The number of halogens is 3. The van der Waals surface area contributed by atoms with E-state index in [1.807, 2.05) is 30.3 Å². The van der Waals surface area contributed by atoms with Crippen molar-refractivity contribution in [2.45, 2.75) is 36.6 Å². The van der Waals surface area contributed by atoms with Gasteiger partial charge in [-0.1, -0.05) is 29.8 Å². The van der Waals surface area contributed by atoms with E-state index >= 15 is 0 Å². The maximum Gasteiger partial charge on any atom is 0.250 e. The first kappa shape index (κ1) is 18.7. The molecule has 6 heteroatoms. The summed E-state index contributed by atoms with van der Waals surface area (Å²) in [6.45, 7) is 1.62. The summed E-state index contributed by atoms with van der Waals surface area (Å²) in [5.41, 5.74) is 8.00. The van der Waals surface area contributed by atoms with E-state index in [1.54, 1.807) is 12.1 Å². The molecule has 2 aliphatic rings. The van der Waals surface area contributed by atoms with Crippen molar-refractivity contribution in [1.82, 2.24) is 5.32 Å².